The zero-order valence-corrected chi connectivity index (χ0v) is 17.4. The topological polar surface area (TPSA) is 83.0 Å². The summed E-state index contributed by atoms with van der Waals surface area (Å²) in [5.41, 5.74) is 1.89. The maximum atomic E-state index is 12.7. The molecule has 0 unspecified atom stereocenters. The first kappa shape index (κ1) is 21.5. The smallest absolute Gasteiger partial charge is 0.236 e. The van der Waals surface area contributed by atoms with Gasteiger partial charge in [-0.05, 0) is 30.4 Å². The summed E-state index contributed by atoms with van der Waals surface area (Å²) in [6.45, 7) is 7.13. The van der Waals surface area contributed by atoms with Crippen LogP contribution in [0.25, 0.3) is 0 Å². The number of hydrogen-bond donors (Lipinski definition) is 2. The Balaban J connectivity index is 1.71. The molecule has 152 valence electrons. The number of aliphatic imine (C=N–C) groups is 1. The molecular weight excluding hydrogens is 364 g/mol. The third-order valence-corrected chi connectivity index (χ3v) is 6.21. The first-order valence-electron chi connectivity index (χ1n) is 9.54. The lowest BCUT2D eigenvalue weighted by molar-refractivity contribution is 0.128. The van der Waals surface area contributed by atoms with Crippen molar-refractivity contribution in [1.29, 1.82) is 0 Å². The van der Waals surface area contributed by atoms with E-state index >= 15 is 0 Å². The number of benzene rings is 1. The van der Waals surface area contributed by atoms with Gasteiger partial charge in [0.1, 0.15) is 0 Å². The Hall–Kier alpha value is -1.80. The summed E-state index contributed by atoms with van der Waals surface area (Å²) in [6, 6.07) is 7.67. The van der Waals surface area contributed by atoms with Crippen LogP contribution in [0.5, 0.6) is 0 Å². The minimum atomic E-state index is -3.35. The summed E-state index contributed by atoms with van der Waals surface area (Å²) in [5, 5.41) is 6.19. The molecule has 0 atom stereocenters. The van der Waals surface area contributed by atoms with Crippen LogP contribution in [-0.2, 0) is 21.2 Å². The Kier molecular flexibility index (Phi) is 8.37. The van der Waals surface area contributed by atoms with Gasteiger partial charge in [-0.25, -0.2) is 8.42 Å². The number of rotatable bonds is 10. The molecule has 1 aliphatic heterocycles. The normalized spacial score (nSPS) is 14.5. The van der Waals surface area contributed by atoms with E-state index < -0.39 is 10.0 Å². The molecule has 1 heterocycles. The third-order valence-electron chi connectivity index (χ3n) is 4.43. The van der Waals surface area contributed by atoms with E-state index in [-0.39, 0.29) is 5.75 Å². The zero-order chi connectivity index (χ0) is 19.7. The van der Waals surface area contributed by atoms with Crippen LogP contribution in [0.2, 0.25) is 0 Å². The highest BCUT2D eigenvalue weighted by atomic mass is 32.2. The number of fused-ring (bicyclic) bond motifs is 1. The van der Waals surface area contributed by atoms with Crippen molar-refractivity contribution in [2.45, 2.75) is 26.7 Å². The molecule has 0 fully saturated rings. The van der Waals surface area contributed by atoms with Crippen LogP contribution in [0.1, 0.15) is 25.8 Å². The number of guanidine groups is 1. The van der Waals surface area contributed by atoms with E-state index in [1.54, 1.807) is 7.05 Å². The molecule has 0 radical (unpaired) electrons. The monoisotopic (exact) mass is 396 g/mol. The van der Waals surface area contributed by atoms with Crippen molar-refractivity contribution in [2.75, 3.05) is 50.0 Å². The minimum absolute atomic E-state index is 0.0208. The average molecular weight is 397 g/mol. The number of anilines is 1. The van der Waals surface area contributed by atoms with Gasteiger partial charge >= 0.3 is 0 Å². The van der Waals surface area contributed by atoms with Crippen molar-refractivity contribution < 1.29 is 13.2 Å². The van der Waals surface area contributed by atoms with Gasteiger partial charge in [-0.3, -0.25) is 9.30 Å². The van der Waals surface area contributed by atoms with E-state index in [9.17, 15) is 8.42 Å². The Labute approximate surface area is 163 Å². The molecule has 27 heavy (non-hydrogen) atoms. The number of nitrogens with one attached hydrogen (secondary N) is 2. The molecule has 2 N–H and O–H groups in total. The Bertz CT molecular complexity index is 719. The average Bonchev–Trinajstić information content (AvgIpc) is 3.07. The predicted octanol–water partition coefficient (Wildman–Crippen LogP) is 1.61. The maximum absolute atomic E-state index is 12.7. The number of sulfonamides is 1. The van der Waals surface area contributed by atoms with Crippen LogP contribution in [0.15, 0.2) is 29.3 Å². The minimum Gasteiger partial charge on any atom is -0.380 e. The second-order valence-electron chi connectivity index (χ2n) is 6.99. The van der Waals surface area contributed by atoms with E-state index in [1.807, 2.05) is 24.3 Å². The number of ether oxygens (including phenoxy) is 1. The predicted molar refractivity (Wildman–Crippen MR) is 111 cm³/mol. The van der Waals surface area contributed by atoms with Gasteiger partial charge in [-0.1, -0.05) is 32.0 Å². The standard InChI is InChI=1S/C19H32N4O3S/c1-16(2)9-13-26-14-10-21-19(20-3)22-11-15-27(24,25)23-12-8-17-6-4-5-7-18(17)23/h4-7,16H,8-15H2,1-3H3,(H2,20,21,22). The Morgan fingerprint density at radius 2 is 1.96 bits per heavy atom. The summed E-state index contributed by atoms with van der Waals surface area (Å²) in [5.74, 6) is 1.24. The summed E-state index contributed by atoms with van der Waals surface area (Å²) in [6.07, 6.45) is 1.81. The van der Waals surface area contributed by atoms with E-state index in [0.29, 0.717) is 38.1 Å². The van der Waals surface area contributed by atoms with E-state index in [0.717, 1.165) is 30.7 Å². The van der Waals surface area contributed by atoms with Gasteiger partial charge in [0.15, 0.2) is 5.96 Å². The van der Waals surface area contributed by atoms with Crippen LogP contribution in [-0.4, -0.2) is 60.0 Å². The Morgan fingerprint density at radius 1 is 1.22 bits per heavy atom. The third kappa shape index (κ3) is 6.70. The fourth-order valence-corrected chi connectivity index (χ4v) is 4.32. The lowest BCUT2D eigenvalue weighted by Crippen LogP contribution is -2.42. The molecule has 7 nitrogen and oxygen atoms in total. The second kappa shape index (κ2) is 10.5. The van der Waals surface area contributed by atoms with Crippen LogP contribution < -0.4 is 14.9 Å². The molecule has 0 saturated heterocycles. The zero-order valence-electron chi connectivity index (χ0n) is 16.6. The molecular formula is C19H32N4O3S. The molecule has 0 amide bonds. The van der Waals surface area contributed by atoms with Gasteiger partial charge in [-0.2, -0.15) is 0 Å². The molecule has 0 aromatic heterocycles. The summed E-state index contributed by atoms with van der Waals surface area (Å²) < 4.78 is 32.4. The van der Waals surface area contributed by atoms with Gasteiger partial charge in [0.05, 0.1) is 18.0 Å². The number of para-hydroxylation sites is 1. The van der Waals surface area contributed by atoms with E-state index in [4.69, 9.17) is 4.74 Å². The van der Waals surface area contributed by atoms with Crippen molar-refractivity contribution in [2.24, 2.45) is 10.9 Å². The van der Waals surface area contributed by atoms with Crippen LogP contribution >= 0.6 is 0 Å². The first-order valence-corrected chi connectivity index (χ1v) is 11.2. The summed E-state index contributed by atoms with van der Waals surface area (Å²) in [7, 11) is -1.69. The first-order chi connectivity index (χ1) is 12.9. The largest absolute Gasteiger partial charge is 0.380 e. The van der Waals surface area contributed by atoms with Gasteiger partial charge in [0.2, 0.25) is 10.0 Å². The molecule has 2 rings (SSSR count). The quantitative estimate of drug-likeness (QED) is 0.357. The SMILES string of the molecule is CN=C(NCCOCCC(C)C)NCCS(=O)(=O)N1CCc2ccccc21. The molecule has 0 bridgehead atoms. The summed E-state index contributed by atoms with van der Waals surface area (Å²) >= 11 is 0. The highest BCUT2D eigenvalue weighted by molar-refractivity contribution is 7.92. The van der Waals surface area contributed by atoms with Crippen LogP contribution in [0.3, 0.4) is 0 Å². The molecule has 1 aliphatic rings. The Morgan fingerprint density at radius 3 is 2.70 bits per heavy atom. The maximum Gasteiger partial charge on any atom is 0.236 e. The number of nitrogens with zero attached hydrogens (tertiary/aromatic N) is 2. The lowest BCUT2D eigenvalue weighted by atomic mass is 10.1. The van der Waals surface area contributed by atoms with Crippen LogP contribution in [0.4, 0.5) is 5.69 Å². The van der Waals surface area contributed by atoms with Crippen molar-refractivity contribution in [1.82, 2.24) is 10.6 Å². The molecule has 0 spiro atoms. The summed E-state index contributed by atoms with van der Waals surface area (Å²) in [4.78, 5) is 4.12. The van der Waals surface area contributed by atoms with Crippen molar-refractivity contribution >= 4 is 21.7 Å². The van der Waals surface area contributed by atoms with Crippen LogP contribution in [0, 0.1) is 5.92 Å². The molecule has 1 aromatic rings. The highest BCUT2D eigenvalue weighted by Gasteiger charge is 2.28. The van der Waals surface area contributed by atoms with E-state index in [1.165, 1.54) is 4.31 Å². The van der Waals surface area contributed by atoms with E-state index in [2.05, 4.69) is 29.5 Å². The fraction of sp³-hybridized carbons (Fsp3) is 0.632. The van der Waals surface area contributed by atoms with Gasteiger partial charge in [-0.15, -0.1) is 0 Å². The highest BCUT2D eigenvalue weighted by Crippen LogP contribution is 2.29. The molecule has 0 aliphatic carbocycles. The van der Waals surface area contributed by atoms with Crippen molar-refractivity contribution in [3.8, 4) is 0 Å². The van der Waals surface area contributed by atoms with Gasteiger partial charge < -0.3 is 15.4 Å². The fourth-order valence-electron chi connectivity index (χ4n) is 2.89. The van der Waals surface area contributed by atoms with Gasteiger partial charge in [0, 0.05) is 33.3 Å². The lowest BCUT2D eigenvalue weighted by Gasteiger charge is -2.20. The van der Waals surface area contributed by atoms with Crippen molar-refractivity contribution in [3.63, 3.8) is 0 Å². The van der Waals surface area contributed by atoms with Crippen molar-refractivity contribution in [3.05, 3.63) is 29.8 Å². The molecule has 8 heteroatoms. The van der Waals surface area contributed by atoms with Gasteiger partial charge in [0.25, 0.3) is 0 Å². The molecule has 1 aromatic carbocycles. The number of hydrogen-bond acceptors (Lipinski definition) is 4. The second-order valence-corrected chi connectivity index (χ2v) is 9.00. The molecule has 0 saturated carbocycles.